The van der Waals surface area contributed by atoms with Gasteiger partial charge < -0.3 is 0 Å². The first kappa shape index (κ1) is 17.9. The first-order valence-electron chi connectivity index (χ1n) is 8.51. The number of aliphatic imine (C=N–C) groups is 1. The average molecular weight is 387 g/mol. The van der Waals surface area contributed by atoms with Crippen molar-refractivity contribution in [2.45, 2.75) is 38.6 Å². The second-order valence-corrected chi connectivity index (χ2v) is 8.14. The molecule has 7 heteroatoms. The fourth-order valence-corrected chi connectivity index (χ4v) is 3.44. The summed E-state index contributed by atoms with van der Waals surface area (Å²) in [5, 5.41) is 8.53. The van der Waals surface area contributed by atoms with E-state index >= 15 is 0 Å². The van der Waals surface area contributed by atoms with Crippen molar-refractivity contribution in [2.75, 3.05) is 0 Å². The third-order valence-electron chi connectivity index (χ3n) is 5.56. The van der Waals surface area contributed by atoms with Crippen molar-refractivity contribution in [3.8, 4) is 0 Å². The summed E-state index contributed by atoms with van der Waals surface area (Å²) in [5.74, 6) is -1.77. The maximum Gasteiger partial charge on any atom is 0.201 e. The van der Waals surface area contributed by atoms with Gasteiger partial charge >= 0.3 is 0 Å². The summed E-state index contributed by atoms with van der Waals surface area (Å²) in [6.45, 7) is 8.28. The molecule has 0 atom stereocenters. The van der Waals surface area contributed by atoms with Crippen LogP contribution in [0.4, 0.5) is 8.78 Å². The van der Waals surface area contributed by atoms with E-state index in [9.17, 15) is 8.78 Å². The van der Waals surface area contributed by atoms with Crippen LogP contribution in [0.3, 0.4) is 0 Å². The summed E-state index contributed by atoms with van der Waals surface area (Å²) in [7, 11) is 0. The van der Waals surface area contributed by atoms with Gasteiger partial charge in [-0.1, -0.05) is 31.5 Å². The maximum absolute atomic E-state index is 13.9. The molecule has 1 aromatic heterocycles. The molecule has 4 nitrogen and oxygen atoms in total. The van der Waals surface area contributed by atoms with E-state index in [2.05, 4.69) is 29.0 Å². The fraction of sp³-hybridized carbons (Fsp3) is 0.300. The van der Waals surface area contributed by atoms with Gasteiger partial charge in [-0.15, -0.1) is 10.2 Å². The van der Waals surface area contributed by atoms with Gasteiger partial charge in [-0.2, -0.15) is 0 Å². The Kier molecular flexibility index (Phi) is 3.82. The summed E-state index contributed by atoms with van der Waals surface area (Å²) < 4.78 is 27.3. The molecule has 0 fully saturated rings. The van der Waals surface area contributed by atoms with Gasteiger partial charge in [0.15, 0.2) is 17.2 Å². The molecule has 1 aliphatic rings. The van der Waals surface area contributed by atoms with Crippen molar-refractivity contribution in [1.82, 2.24) is 15.2 Å². The summed E-state index contributed by atoms with van der Waals surface area (Å²) in [6, 6.07) is 8.00. The number of nitrogens with zero attached hydrogens (tertiary/aromatic N) is 4. The topological polar surface area (TPSA) is 51.0 Å². The third-order valence-corrected chi connectivity index (χ3v) is 5.80. The van der Waals surface area contributed by atoms with Gasteiger partial charge in [0.1, 0.15) is 5.71 Å². The van der Waals surface area contributed by atoms with E-state index in [4.69, 9.17) is 16.6 Å². The normalized spacial score (nSPS) is 17.5. The van der Waals surface area contributed by atoms with Crippen LogP contribution >= 0.6 is 11.6 Å². The average Bonchev–Trinajstić information content (AvgIpc) is 2.62. The first-order valence-corrected chi connectivity index (χ1v) is 8.89. The van der Waals surface area contributed by atoms with E-state index in [0.717, 1.165) is 17.2 Å². The molecule has 0 bridgehead atoms. The van der Waals surface area contributed by atoms with Crippen molar-refractivity contribution in [2.24, 2.45) is 4.99 Å². The van der Waals surface area contributed by atoms with Crippen LogP contribution in [0.2, 0.25) is 5.02 Å². The smallest absolute Gasteiger partial charge is 0.201 e. The summed E-state index contributed by atoms with van der Waals surface area (Å²) in [4.78, 5) is 9.29. The van der Waals surface area contributed by atoms with Crippen LogP contribution in [0.25, 0.3) is 11.0 Å². The number of hydrogen-bond donors (Lipinski definition) is 0. The highest BCUT2D eigenvalue weighted by atomic mass is 35.5. The standard InChI is InChI=1S/C20H17ClF2N4/c1-19(2)12-9-10(21)5-6-11(12)16(25-20(19,3)4)18-24-14-8-7-13(22)15(23)17(14)26-27-18/h5-9H,1-4H3. The molecule has 1 aliphatic heterocycles. The Labute approximate surface area is 160 Å². The lowest BCUT2D eigenvalue weighted by atomic mass is 9.66. The molecule has 3 aromatic rings. The molecule has 0 saturated carbocycles. The summed E-state index contributed by atoms with van der Waals surface area (Å²) >= 11 is 6.24. The number of aromatic nitrogens is 3. The summed E-state index contributed by atoms with van der Waals surface area (Å²) in [6.07, 6.45) is 0. The lowest BCUT2D eigenvalue weighted by Gasteiger charge is -2.44. The van der Waals surface area contributed by atoms with Gasteiger partial charge in [0.2, 0.25) is 5.82 Å². The largest absolute Gasteiger partial charge is 0.274 e. The molecular formula is C20H17ClF2N4. The minimum absolute atomic E-state index is 0.203. The second kappa shape index (κ2) is 5.76. The van der Waals surface area contributed by atoms with Gasteiger partial charge in [0, 0.05) is 16.0 Å². The van der Waals surface area contributed by atoms with E-state index in [-0.39, 0.29) is 22.3 Å². The Morgan fingerprint density at radius 2 is 1.70 bits per heavy atom. The predicted octanol–water partition coefficient (Wildman–Crippen LogP) is 4.86. The Morgan fingerprint density at radius 3 is 2.44 bits per heavy atom. The van der Waals surface area contributed by atoms with Gasteiger partial charge in [-0.25, -0.2) is 13.8 Å². The SMILES string of the molecule is CC1(C)N=C(c2nnc3c(F)c(F)ccc3n2)c2ccc(Cl)cc2C1(C)C. The molecule has 0 amide bonds. The van der Waals surface area contributed by atoms with Gasteiger partial charge in [0.25, 0.3) is 0 Å². The molecule has 4 rings (SSSR count). The van der Waals surface area contributed by atoms with Gasteiger partial charge in [-0.3, -0.25) is 4.99 Å². The van der Waals surface area contributed by atoms with Crippen LogP contribution in [-0.2, 0) is 5.41 Å². The number of hydrogen-bond acceptors (Lipinski definition) is 4. The molecule has 0 aliphatic carbocycles. The Morgan fingerprint density at radius 1 is 0.963 bits per heavy atom. The Bertz CT molecular complexity index is 1120. The first-order chi connectivity index (χ1) is 12.6. The van der Waals surface area contributed by atoms with Crippen molar-refractivity contribution in [3.63, 3.8) is 0 Å². The number of fused-ring (bicyclic) bond motifs is 2. The minimum atomic E-state index is -1.06. The molecule has 2 heterocycles. The maximum atomic E-state index is 13.9. The van der Waals surface area contributed by atoms with Crippen LogP contribution in [0.5, 0.6) is 0 Å². The fourth-order valence-electron chi connectivity index (χ4n) is 3.27. The van der Waals surface area contributed by atoms with Crippen LogP contribution in [-0.4, -0.2) is 26.4 Å². The predicted molar refractivity (Wildman–Crippen MR) is 101 cm³/mol. The molecule has 2 aromatic carbocycles. The van der Waals surface area contributed by atoms with Gasteiger partial charge in [-0.05, 0) is 43.7 Å². The van der Waals surface area contributed by atoms with E-state index in [1.54, 1.807) is 6.07 Å². The zero-order valence-corrected chi connectivity index (χ0v) is 16.1. The van der Waals surface area contributed by atoms with E-state index in [0.29, 0.717) is 10.7 Å². The molecule has 0 spiro atoms. The van der Waals surface area contributed by atoms with Crippen molar-refractivity contribution < 1.29 is 8.78 Å². The molecule has 27 heavy (non-hydrogen) atoms. The Balaban J connectivity index is 1.97. The van der Waals surface area contributed by atoms with Crippen LogP contribution < -0.4 is 0 Å². The molecule has 0 N–H and O–H groups in total. The number of halogens is 3. The van der Waals surface area contributed by atoms with Crippen LogP contribution in [0, 0.1) is 11.6 Å². The monoisotopic (exact) mass is 386 g/mol. The lowest BCUT2D eigenvalue weighted by Crippen LogP contribution is -2.46. The number of benzene rings is 2. The zero-order chi connectivity index (χ0) is 19.6. The zero-order valence-electron chi connectivity index (χ0n) is 15.3. The molecule has 0 radical (unpaired) electrons. The van der Waals surface area contributed by atoms with E-state index in [1.165, 1.54) is 6.07 Å². The highest BCUT2D eigenvalue weighted by Crippen LogP contribution is 2.44. The molecule has 0 unspecified atom stereocenters. The van der Waals surface area contributed by atoms with Crippen molar-refractivity contribution in [1.29, 1.82) is 0 Å². The highest BCUT2D eigenvalue weighted by Gasteiger charge is 2.44. The third kappa shape index (κ3) is 2.62. The number of rotatable bonds is 1. The quantitative estimate of drug-likeness (QED) is 0.600. The minimum Gasteiger partial charge on any atom is -0.274 e. The Hall–Kier alpha value is -2.47. The van der Waals surface area contributed by atoms with Crippen LogP contribution in [0.1, 0.15) is 44.6 Å². The van der Waals surface area contributed by atoms with Crippen LogP contribution in [0.15, 0.2) is 35.3 Å². The van der Waals surface area contributed by atoms with Gasteiger partial charge in [0.05, 0.1) is 11.1 Å². The van der Waals surface area contributed by atoms with E-state index in [1.807, 2.05) is 26.0 Å². The second-order valence-electron chi connectivity index (χ2n) is 7.70. The molecule has 0 saturated heterocycles. The van der Waals surface area contributed by atoms with Crippen molar-refractivity contribution >= 4 is 28.3 Å². The summed E-state index contributed by atoms with van der Waals surface area (Å²) in [5.41, 5.74) is 1.71. The highest BCUT2D eigenvalue weighted by molar-refractivity contribution is 6.31. The lowest BCUT2D eigenvalue weighted by molar-refractivity contribution is 0.303. The molecular weight excluding hydrogens is 370 g/mol. The van der Waals surface area contributed by atoms with Crippen molar-refractivity contribution in [3.05, 3.63) is 63.9 Å². The van der Waals surface area contributed by atoms with E-state index < -0.39 is 17.2 Å². The molecule has 138 valence electrons.